The van der Waals surface area contributed by atoms with E-state index < -0.39 is 11.9 Å². The van der Waals surface area contributed by atoms with E-state index in [1.54, 1.807) is 12.0 Å². The minimum atomic E-state index is -0.862. The maximum Gasteiger partial charge on any atom is 0.409 e. The van der Waals surface area contributed by atoms with Crippen LogP contribution >= 0.6 is 0 Å². The van der Waals surface area contributed by atoms with Gasteiger partial charge in [0.15, 0.2) is 11.5 Å². The van der Waals surface area contributed by atoms with Gasteiger partial charge in [-0.1, -0.05) is 32.0 Å². The topological polar surface area (TPSA) is 97.8 Å². The van der Waals surface area contributed by atoms with Crippen LogP contribution in [0.15, 0.2) is 42.5 Å². The van der Waals surface area contributed by atoms with Crippen LogP contribution in [0.25, 0.3) is 0 Å². The van der Waals surface area contributed by atoms with E-state index in [0.717, 1.165) is 24.0 Å². The molecule has 9 nitrogen and oxygen atoms in total. The predicted molar refractivity (Wildman–Crippen MR) is 137 cm³/mol. The first-order valence-electron chi connectivity index (χ1n) is 12.9. The number of benzene rings is 2. The molecule has 0 aliphatic carbocycles. The summed E-state index contributed by atoms with van der Waals surface area (Å²) in [6.07, 6.45) is 1.24. The minimum Gasteiger partial charge on any atom is -0.497 e. The lowest BCUT2D eigenvalue weighted by molar-refractivity contribution is -0.143. The summed E-state index contributed by atoms with van der Waals surface area (Å²) in [7, 11) is 1.60. The first kappa shape index (κ1) is 26.6. The highest BCUT2D eigenvalue weighted by atomic mass is 16.7. The van der Waals surface area contributed by atoms with Crippen molar-refractivity contribution >= 4 is 12.1 Å². The summed E-state index contributed by atoms with van der Waals surface area (Å²) < 4.78 is 21.7. The lowest BCUT2D eigenvalue weighted by Crippen LogP contribution is -2.40. The van der Waals surface area contributed by atoms with Crippen molar-refractivity contribution in [1.82, 2.24) is 9.80 Å². The Balaban J connectivity index is 1.64. The van der Waals surface area contributed by atoms with Gasteiger partial charge in [0, 0.05) is 38.1 Å². The molecule has 1 N–H and O–H groups in total. The smallest absolute Gasteiger partial charge is 0.409 e. The summed E-state index contributed by atoms with van der Waals surface area (Å²) >= 11 is 0. The number of likely N-dealkylation sites (tertiary alicyclic amines) is 1. The van der Waals surface area contributed by atoms with E-state index in [4.69, 9.17) is 18.9 Å². The Morgan fingerprint density at radius 2 is 1.76 bits per heavy atom. The zero-order chi connectivity index (χ0) is 26.4. The molecule has 1 amide bonds. The van der Waals surface area contributed by atoms with Gasteiger partial charge in [-0.05, 0) is 48.2 Å². The minimum absolute atomic E-state index is 0.161. The normalized spacial score (nSPS) is 20.6. The summed E-state index contributed by atoms with van der Waals surface area (Å²) in [6, 6.07) is 12.8. The van der Waals surface area contributed by atoms with Crippen molar-refractivity contribution in [2.75, 3.05) is 46.7 Å². The molecule has 37 heavy (non-hydrogen) atoms. The Kier molecular flexibility index (Phi) is 8.76. The molecule has 2 aliphatic rings. The molecule has 200 valence electrons. The van der Waals surface area contributed by atoms with Gasteiger partial charge in [0.05, 0.1) is 19.6 Å². The van der Waals surface area contributed by atoms with Gasteiger partial charge in [-0.15, -0.1) is 0 Å². The van der Waals surface area contributed by atoms with E-state index in [1.807, 2.05) is 56.3 Å². The molecule has 0 saturated carbocycles. The lowest BCUT2D eigenvalue weighted by Gasteiger charge is -2.30. The fourth-order valence-corrected chi connectivity index (χ4v) is 5.23. The van der Waals surface area contributed by atoms with Gasteiger partial charge in [0.25, 0.3) is 0 Å². The predicted octanol–water partition coefficient (Wildman–Crippen LogP) is 4.52. The Labute approximate surface area is 217 Å². The zero-order valence-corrected chi connectivity index (χ0v) is 21.7. The Hall–Kier alpha value is -3.46. The van der Waals surface area contributed by atoms with Gasteiger partial charge < -0.3 is 29.0 Å². The summed E-state index contributed by atoms with van der Waals surface area (Å²) in [4.78, 5) is 29.3. The highest BCUT2D eigenvalue weighted by Gasteiger charge is 2.47. The van der Waals surface area contributed by atoms with Gasteiger partial charge >= 0.3 is 12.1 Å². The van der Waals surface area contributed by atoms with Gasteiger partial charge in [0.2, 0.25) is 6.79 Å². The largest absolute Gasteiger partial charge is 0.497 e. The van der Waals surface area contributed by atoms with Gasteiger partial charge in [-0.25, -0.2) is 4.79 Å². The number of aliphatic carboxylic acids is 1. The molecule has 0 spiro atoms. The second kappa shape index (κ2) is 12.2. The summed E-state index contributed by atoms with van der Waals surface area (Å²) in [5.74, 6) is 0.178. The number of amides is 1. The Bertz CT molecular complexity index is 1070. The second-order valence-corrected chi connectivity index (χ2v) is 9.40. The lowest BCUT2D eigenvalue weighted by atomic mass is 9.82. The third-order valence-corrected chi connectivity index (χ3v) is 7.00. The van der Waals surface area contributed by atoms with Crippen molar-refractivity contribution in [3.05, 3.63) is 53.6 Å². The van der Waals surface area contributed by atoms with Crippen molar-refractivity contribution < 1.29 is 33.6 Å². The number of hydrogen-bond acceptors (Lipinski definition) is 7. The molecule has 2 heterocycles. The highest BCUT2D eigenvalue weighted by molar-refractivity contribution is 5.74. The molecule has 1 fully saturated rings. The Morgan fingerprint density at radius 3 is 2.43 bits per heavy atom. The van der Waals surface area contributed by atoms with Gasteiger partial charge in [-0.2, -0.15) is 0 Å². The number of carbonyl (C=O) groups excluding carboxylic acids is 1. The number of rotatable bonds is 11. The number of carbonyl (C=O) groups is 2. The van der Waals surface area contributed by atoms with Crippen LogP contribution in [0.2, 0.25) is 0 Å². The number of methoxy groups -OCH3 is 1. The van der Waals surface area contributed by atoms with Crippen LogP contribution < -0.4 is 14.2 Å². The average molecular weight is 513 g/mol. The summed E-state index contributed by atoms with van der Waals surface area (Å²) in [5.41, 5.74) is 1.79. The zero-order valence-electron chi connectivity index (χ0n) is 21.7. The van der Waals surface area contributed by atoms with E-state index in [1.165, 1.54) is 0 Å². The fraction of sp³-hybridized carbons (Fsp3) is 0.500. The van der Waals surface area contributed by atoms with Crippen LogP contribution in [0, 0.1) is 5.92 Å². The molecule has 2 aromatic carbocycles. The highest BCUT2D eigenvalue weighted by Crippen LogP contribution is 2.47. The third-order valence-electron chi connectivity index (χ3n) is 7.00. The molecule has 9 heteroatoms. The molecule has 4 rings (SSSR count). The van der Waals surface area contributed by atoms with E-state index in [-0.39, 0.29) is 24.8 Å². The SMILES string of the molecule is CCCOC(=O)N(CCC)CCN1C[C@H](c2ccc3c(c2)OCO3)[C@H](C(=O)O)[C@H]1c1ccc(OC)cc1. The maximum atomic E-state index is 12.7. The number of carboxylic acids is 1. The molecule has 0 bridgehead atoms. The van der Waals surface area contributed by atoms with Crippen molar-refractivity contribution in [2.45, 2.75) is 38.6 Å². The van der Waals surface area contributed by atoms with Crippen LogP contribution in [-0.4, -0.2) is 73.7 Å². The number of hydrogen-bond donors (Lipinski definition) is 1. The summed E-state index contributed by atoms with van der Waals surface area (Å²) in [6.45, 7) is 6.59. The van der Waals surface area contributed by atoms with Crippen LogP contribution in [0.5, 0.6) is 17.2 Å². The van der Waals surface area contributed by atoms with Crippen LogP contribution in [0.4, 0.5) is 4.79 Å². The van der Waals surface area contributed by atoms with Gasteiger partial charge in [0.1, 0.15) is 5.75 Å². The maximum absolute atomic E-state index is 12.7. The van der Waals surface area contributed by atoms with Crippen molar-refractivity contribution in [3.63, 3.8) is 0 Å². The molecular weight excluding hydrogens is 476 g/mol. The first-order chi connectivity index (χ1) is 18.0. The molecule has 1 saturated heterocycles. The molecule has 2 aromatic rings. The number of carboxylic acid groups (broad SMARTS) is 1. The van der Waals surface area contributed by atoms with Crippen LogP contribution in [-0.2, 0) is 9.53 Å². The molecule has 2 aliphatic heterocycles. The van der Waals surface area contributed by atoms with E-state index in [2.05, 4.69) is 4.90 Å². The quantitative estimate of drug-likeness (QED) is 0.469. The molecule has 0 radical (unpaired) electrons. The van der Waals surface area contributed by atoms with E-state index in [0.29, 0.717) is 50.0 Å². The van der Waals surface area contributed by atoms with Crippen molar-refractivity contribution in [3.8, 4) is 17.2 Å². The van der Waals surface area contributed by atoms with Crippen LogP contribution in [0.1, 0.15) is 49.8 Å². The molecule has 3 atom stereocenters. The standard InChI is InChI=1S/C28H36N2O7/c1-4-12-29(28(33)35-15-5-2)13-14-30-17-22(20-8-11-23-24(16-20)37-18-36-23)25(27(31)32)26(30)19-6-9-21(34-3)10-7-19/h6-11,16,22,25-26H,4-5,12-15,17-18H2,1-3H3,(H,31,32)/t22-,25+,26-/m1/s1. The molecule has 0 aromatic heterocycles. The molecule has 0 unspecified atom stereocenters. The summed E-state index contributed by atoms with van der Waals surface area (Å²) in [5, 5.41) is 10.4. The number of nitrogens with zero attached hydrogens (tertiary/aromatic N) is 2. The van der Waals surface area contributed by atoms with Crippen molar-refractivity contribution in [1.29, 1.82) is 0 Å². The number of fused-ring (bicyclic) bond motifs is 1. The monoisotopic (exact) mass is 512 g/mol. The third kappa shape index (κ3) is 5.93. The van der Waals surface area contributed by atoms with Crippen molar-refractivity contribution in [2.24, 2.45) is 5.92 Å². The molecular formula is C28H36N2O7. The van der Waals surface area contributed by atoms with Crippen LogP contribution in [0.3, 0.4) is 0 Å². The Morgan fingerprint density at radius 1 is 1.03 bits per heavy atom. The van der Waals surface area contributed by atoms with E-state index in [9.17, 15) is 14.7 Å². The first-order valence-corrected chi connectivity index (χ1v) is 12.9. The fourth-order valence-electron chi connectivity index (χ4n) is 5.23. The second-order valence-electron chi connectivity index (χ2n) is 9.40. The van der Waals surface area contributed by atoms with Gasteiger partial charge in [-0.3, -0.25) is 9.69 Å². The number of ether oxygens (including phenoxy) is 4. The van der Waals surface area contributed by atoms with E-state index >= 15 is 0 Å². The average Bonchev–Trinajstić information content (AvgIpc) is 3.54.